The summed E-state index contributed by atoms with van der Waals surface area (Å²) in [5, 5.41) is 13.7. The van der Waals surface area contributed by atoms with E-state index in [1.807, 2.05) is 6.07 Å². The van der Waals surface area contributed by atoms with Gasteiger partial charge in [-0.2, -0.15) is 0 Å². The number of nitrogens with zero attached hydrogens (tertiary/aromatic N) is 3. The molecular formula is C14H10N4O4S. The van der Waals surface area contributed by atoms with Gasteiger partial charge >= 0.3 is 11.7 Å². The predicted molar refractivity (Wildman–Crippen MR) is 85.0 cm³/mol. The lowest BCUT2D eigenvalue weighted by Crippen LogP contribution is -2.13. The summed E-state index contributed by atoms with van der Waals surface area (Å²) in [7, 11) is 1.57. The Morgan fingerprint density at radius 1 is 1.30 bits per heavy atom. The normalized spacial score (nSPS) is 10.5. The molecule has 0 aliphatic rings. The van der Waals surface area contributed by atoms with Crippen LogP contribution in [0, 0.1) is 10.1 Å². The molecule has 1 aromatic carbocycles. The first-order chi connectivity index (χ1) is 11.1. The van der Waals surface area contributed by atoms with Gasteiger partial charge in [0.2, 0.25) is 5.69 Å². The molecule has 0 aliphatic carbocycles. The van der Waals surface area contributed by atoms with Crippen LogP contribution in [-0.2, 0) is 0 Å². The van der Waals surface area contributed by atoms with Crippen LogP contribution in [0.4, 0.5) is 10.9 Å². The maximum Gasteiger partial charge on any atom is 0.364 e. The number of benzene rings is 1. The van der Waals surface area contributed by atoms with Crippen molar-refractivity contribution in [2.24, 2.45) is 0 Å². The van der Waals surface area contributed by atoms with E-state index >= 15 is 0 Å². The van der Waals surface area contributed by atoms with E-state index in [9.17, 15) is 14.9 Å². The number of aromatic nitrogens is 2. The molecule has 0 atom stereocenters. The number of hydrogen-bond donors (Lipinski definition) is 1. The molecule has 2 aromatic heterocycles. The van der Waals surface area contributed by atoms with E-state index in [0.29, 0.717) is 10.9 Å². The highest BCUT2D eigenvalue weighted by Gasteiger charge is 2.18. The summed E-state index contributed by atoms with van der Waals surface area (Å²) >= 11 is 1.28. The minimum atomic E-state index is -0.652. The third-order valence-electron chi connectivity index (χ3n) is 2.97. The largest absolute Gasteiger partial charge is 0.497 e. The summed E-state index contributed by atoms with van der Waals surface area (Å²) in [6, 6.07) is 9.40. The number of anilines is 1. The second kappa shape index (κ2) is 5.97. The van der Waals surface area contributed by atoms with Crippen LogP contribution in [0.15, 0.2) is 36.4 Å². The van der Waals surface area contributed by atoms with Crippen LogP contribution in [0.3, 0.4) is 0 Å². The number of fused-ring (bicyclic) bond motifs is 1. The van der Waals surface area contributed by atoms with Gasteiger partial charge in [-0.1, -0.05) is 11.3 Å². The Bertz CT molecular complexity index is 909. The molecule has 3 rings (SSSR count). The Kier molecular flexibility index (Phi) is 3.85. The predicted octanol–water partition coefficient (Wildman–Crippen LogP) is 2.86. The monoisotopic (exact) mass is 330 g/mol. The average Bonchev–Trinajstić information content (AvgIpc) is 2.95. The van der Waals surface area contributed by atoms with Gasteiger partial charge in [-0.25, -0.2) is 4.98 Å². The Balaban J connectivity index is 1.85. The van der Waals surface area contributed by atoms with Crippen LogP contribution in [0.1, 0.15) is 10.5 Å². The summed E-state index contributed by atoms with van der Waals surface area (Å²) in [5.41, 5.74) is 0.675. The molecule has 0 radical (unpaired) electrons. The molecule has 9 heteroatoms. The zero-order valence-electron chi connectivity index (χ0n) is 11.8. The first-order valence-electron chi connectivity index (χ1n) is 6.44. The van der Waals surface area contributed by atoms with Crippen LogP contribution in [-0.4, -0.2) is 27.9 Å². The number of methoxy groups -OCH3 is 1. The van der Waals surface area contributed by atoms with Gasteiger partial charge in [0, 0.05) is 6.07 Å². The molecule has 23 heavy (non-hydrogen) atoms. The van der Waals surface area contributed by atoms with Gasteiger partial charge < -0.3 is 14.9 Å². The molecule has 2 heterocycles. The summed E-state index contributed by atoms with van der Waals surface area (Å²) < 4.78 is 5.99. The quantitative estimate of drug-likeness (QED) is 0.582. The van der Waals surface area contributed by atoms with Crippen LogP contribution in [0.25, 0.3) is 10.2 Å². The maximum atomic E-state index is 12.1. The maximum absolute atomic E-state index is 12.1. The molecule has 3 aromatic rings. The smallest absolute Gasteiger partial charge is 0.364 e. The molecule has 0 saturated heterocycles. The molecule has 116 valence electrons. The van der Waals surface area contributed by atoms with Crippen molar-refractivity contribution in [2.45, 2.75) is 0 Å². The zero-order chi connectivity index (χ0) is 16.4. The molecule has 0 unspecified atom stereocenters. The fourth-order valence-electron chi connectivity index (χ4n) is 1.90. The number of rotatable bonds is 4. The van der Waals surface area contributed by atoms with Crippen LogP contribution in [0.2, 0.25) is 0 Å². The Morgan fingerprint density at radius 3 is 2.87 bits per heavy atom. The van der Waals surface area contributed by atoms with E-state index in [1.165, 1.54) is 29.5 Å². The highest BCUT2D eigenvalue weighted by Crippen LogP contribution is 2.29. The van der Waals surface area contributed by atoms with Gasteiger partial charge in [0.1, 0.15) is 5.75 Å². The van der Waals surface area contributed by atoms with E-state index in [4.69, 9.17) is 4.74 Å². The van der Waals surface area contributed by atoms with E-state index in [2.05, 4.69) is 15.3 Å². The Labute approximate surface area is 133 Å². The van der Waals surface area contributed by atoms with Crippen molar-refractivity contribution < 1.29 is 14.5 Å². The molecule has 1 amide bonds. The second-order valence-corrected chi connectivity index (χ2v) is 5.48. The summed E-state index contributed by atoms with van der Waals surface area (Å²) in [4.78, 5) is 30.2. The van der Waals surface area contributed by atoms with Crippen molar-refractivity contribution in [3.63, 3.8) is 0 Å². The highest BCUT2D eigenvalue weighted by molar-refractivity contribution is 7.22. The standard InChI is InChI=1S/C14H10N4O4S/c1-22-8-5-6-9-11(7-8)23-14(16-9)17-13(19)10-3-2-4-12(15-10)18(20)21/h2-7H,1H3,(H,16,17,19). The van der Waals surface area contributed by atoms with Gasteiger partial charge in [-0.15, -0.1) is 0 Å². The van der Waals surface area contributed by atoms with Gasteiger partial charge in [0.15, 0.2) is 5.13 Å². The molecule has 0 aliphatic heterocycles. The third kappa shape index (κ3) is 3.09. The van der Waals surface area contributed by atoms with Gasteiger partial charge in [0.05, 0.1) is 17.3 Å². The number of hydrogen-bond acceptors (Lipinski definition) is 7. The van der Waals surface area contributed by atoms with Crippen LogP contribution in [0.5, 0.6) is 5.75 Å². The highest BCUT2D eigenvalue weighted by atomic mass is 32.1. The number of nitrogens with one attached hydrogen (secondary N) is 1. The number of carbonyl (C=O) groups is 1. The van der Waals surface area contributed by atoms with Crippen molar-refractivity contribution in [1.29, 1.82) is 0 Å². The summed E-state index contributed by atoms with van der Waals surface area (Å²) in [6.45, 7) is 0. The lowest BCUT2D eigenvalue weighted by molar-refractivity contribution is -0.389. The topological polar surface area (TPSA) is 107 Å². The molecule has 1 N–H and O–H groups in total. The number of nitro groups is 1. The van der Waals surface area contributed by atoms with Crippen LogP contribution >= 0.6 is 11.3 Å². The Hall–Kier alpha value is -3.07. The van der Waals surface area contributed by atoms with Gasteiger partial charge in [-0.05, 0) is 40.2 Å². The lowest BCUT2D eigenvalue weighted by Gasteiger charge is -1.97. The minimum Gasteiger partial charge on any atom is -0.497 e. The fourth-order valence-corrected chi connectivity index (χ4v) is 2.79. The number of thiazole rings is 1. The van der Waals surface area contributed by atoms with E-state index in [0.717, 1.165) is 10.2 Å². The Morgan fingerprint density at radius 2 is 2.13 bits per heavy atom. The van der Waals surface area contributed by atoms with E-state index < -0.39 is 10.8 Å². The minimum absolute atomic E-state index is 0.0453. The van der Waals surface area contributed by atoms with Gasteiger partial charge in [-0.3, -0.25) is 10.1 Å². The second-order valence-electron chi connectivity index (χ2n) is 4.44. The first-order valence-corrected chi connectivity index (χ1v) is 7.26. The number of carbonyl (C=O) groups excluding carboxylic acids is 1. The lowest BCUT2D eigenvalue weighted by atomic mass is 10.3. The molecule has 0 spiro atoms. The van der Waals surface area contributed by atoms with E-state index in [-0.39, 0.29) is 11.5 Å². The zero-order valence-corrected chi connectivity index (χ0v) is 12.7. The van der Waals surface area contributed by atoms with Crippen LogP contribution < -0.4 is 10.1 Å². The van der Waals surface area contributed by atoms with E-state index in [1.54, 1.807) is 19.2 Å². The van der Waals surface area contributed by atoms with Crippen molar-refractivity contribution in [3.8, 4) is 5.75 Å². The van der Waals surface area contributed by atoms with Crippen molar-refractivity contribution >= 4 is 38.4 Å². The molecular weight excluding hydrogens is 320 g/mol. The summed E-state index contributed by atoms with van der Waals surface area (Å²) in [6.07, 6.45) is 0. The number of pyridine rings is 1. The SMILES string of the molecule is COc1ccc2nc(NC(=O)c3cccc([N+](=O)[O-])n3)sc2c1. The first kappa shape index (κ1) is 14.9. The molecule has 0 fully saturated rings. The molecule has 0 bridgehead atoms. The average molecular weight is 330 g/mol. The molecule has 0 saturated carbocycles. The van der Waals surface area contributed by atoms with Crippen molar-refractivity contribution in [3.05, 3.63) is 52.2 Å². The molecule has 8 nitrogen and oxygen atoms in total. The fraction of sp³-hybridized carbons (Fsp3) is 0.0714. The van der Waals surface area contributed by atoms with Crippen molar-refractivity contribution in [2.75, 3.05) is 12.4 Å². The summed E-state index contributed by atoms with van der Waals surface area (Å²) in [5.74, 6) is -0.245. The number of amides is 1. The number of ether oxygens (including phenoxy) is 1. The van der Waals surface area contributed by atoms with Crippen molar-refractivity contribution in [1.82, 2.24) is 9.97 Å². The third-order valence-corrected chi connectivity index (χ3v) is 3.90. The van der Waals surface area contributed by atoms with Gasteiger partial charge in [0.25, 0.3) is 0 Å².